The van der Waals surface area contributed by atoms with Crippen LogP contribution in [0.4, 0.5) is 0 Å². The molecule has 0 unspecified atom stereocenters. The molecule has 0 aromatic carbocycles. The zero-order chi connectivity index (χ0) is 2.00. The molecule has 0 aliphatic carbocycles. The van der Waals surface area contributed by atoms with Crippen molar-refractivity contribution in [1.29, 1.82) is 0 Å². The summed E-state index contributed by atoms with van der Waals surface area (Å²) in [6.07, 6.45) is 0. The zero-order valence-corrected chi connectivity index (χ0v) is 6.68. The van der Waals surface area contributed by atoms with Crippen molar-refractivity contribution >= 4 is 44.2 Å². The number of rotatable bonds is 0. The van der Waals surface area contributed by atoms with Gasteiger partial charge in [0.1, 0.15) is 0 Å². The molecule has 0 aliphatic rings. The van der Waals surface area contributed by atoms with Gasteiger partial charge in [0, 0.05) is 22.4 Å². The molecule has 0 N–H and O–H groups in total. The summed E-state index contributed by atoms with van der Waals surface area (Å²) in [5, 5.41) is 0. The van der Waals surface area contributed by atoms with E-state index in [1.54, 1.807) is 0 Å². The third-order valence-corrected chi connectivity index (χ3v) is 0. The molecular formula is H3AgGeLiS. The summed E-state index contributed by atoms with van der Waals surface area (Å²) in [4.78, 5) is 0. The van der Waals surface area contributed by atoms with Gasteiger partial charge in [0.05, 0.1) is 0 Å². The summed E-state index contributed by atoms with van der Waals surface area (Å²) in [6.45, 7) is 0. The van der Waals surface area contributed by atoms with E-state index < -0.39 is 0 Å². The molecule has 0 fully saturated rings. The van der Waals surface area contributed by atoms with Crippen LogP contribution < -0.4 is 0 Å². The van der Waals surface area contributed by atoms with Crippen molar-refractivity contribution in [3.8, 4) is 0 Å². The van der Waals surface area contributed by atoms with Crippen LogP contribution in [-0.2, 0) is 22.4 Å². The Morgan fingerprint density at radius 1 is 1.25 bits per heavy atom. The molecular weight excluding hydrogens is 219 g/mol. The van der Waals surface area contributed by atoms with Gasteiger partial charge in [0.25, 0.3) is 0 Å². The van der Waals surface area contributed by atoms with E-state index in [0.29, 0.717) is 0 Å². The van der Waals surface area contributed by atoms with Crippen molar-refractivity contribution in [3.05, 3.63) is 0 Å². The van der Waals surface area contributed by atoms with Gasteiger partial charge in [-0.05, 0) is 0 Å². The average Bonchev–Trinajstić information content (AvgIpc) is 1.00. The fourth-order valence-corrected chi connectivity index (χ4v) is 0. The van der Waals surface area contributed by atoms with Crippen molar-refractivity contribution in [2.45, 2.75) is 0 Å². The average molecular weight is 223 g/mol. The minimum atomic E-state index is 0. The molecule has 0 spiro atoms. The van der Waals surface area contributed by atoms with Crippen LogP contribution >= 0.6 is 10.5 Å². The summed E-state index contributed by atoms with van der Waals surface area (Å²) in [7, 11) is 4.21. The van der Waals surface area contributed by atoms with E-state index in [9.17, 15) is 0 Å². The predicted octanol–water partition coefficient (Wildman–Crippen LogP) is -0.919. The molecule has 0 rings (SSSR count). The first kappa shape index (κ1) is 16.5. The van der Waals surface area contributed by atoms with Gasteiger partial charge < -0.3 is 0 Å². The Bertz CT molecular complexity index is 8.00. The Morgan fingerprint density at radius 3 is 1.25 bits per heavy atom. The zero-order valence-electron chi connectivity index (χ0n) is 1.42. The Kier molecular flexibility index (Phi) is 80.2. The van der Waals surface area contributed by atoms with Gasteiger partial charge in [0.2, 0.25) is 0 Å². The Labute approximate surface area is 65.8 Å². The van der Waals surface area contributed by atoms with Gasteiger partial charge in [0.15, 0.2) is 0 Å². The Hall–Kier alpha value is 2.10. The van der Waals surface area contributed by atoms with E-state index in [1.807, 2.05) is 0 Å². The first-order chi connectivity index (χ1) is 1.00. The maximum absolute atomic E-state index is 4.21. The standard InChI is InChI=1S/Ag.GeH2S.Li.H/c;1-2;;/h;1H2;;. The fourth-order valence-electron chi connectivity index (χ4n) is 0. The molecule has 0 bridgehead atoms. The minimum absolute atomic E-state index is 0. The fraction of sp³-hybridized carbons (Fsp3) is 0. The van der Waals surface area contributed by atoms with Gasteiger partial charge in [-0.3, -0.25) is 0 Å². The summed E-state index contributed by atoms with van der Waals surface area (Å²) in [5.41, 5.74) is 0. The third-order valence-electron chi connectivity index (χ3n) is 0. The Morgan fingerprint density at radius 2 is 1.25 bits per heavy atom. The van der Waals surface area contributed by atoms with Crippen molar-refractivity contribution in [3.63, 3.8) is 0 Å². The van der Waals surface area contributed by atoms with Gasteiger partial charge in [-0.2, -0.15) is 0 Å². The molecule has 1 radical (unpaired) electrons. The second-order valence-corrected chi connectivity index (χ2v) is 0. The van der Waals surface area contributed by atoms with Crippen LogP contribution in [0.5, 0.6) is 0 Å². The maximum atomic E-state index is 4.21. The van der Waals surface area contributed by atoms with E-state index in [4.69, 9.17) is 0 Å². The van der Waals surface area contributed by atoms with Gasteiger partial charge in [-0.15, -0.1) is 0 Å². The van der Waals surface area contributed by atoms with E-state index in [0.717, 1.165) is 14.9 Å². The monoisotopic (exact) mass is 223 g/mol. The van der Waals surface area contributed by atoms with E-state index in [1.165, 1.54) is 0 Å². The van der Waals surface area contributed by atoms with Crippen LogP contribution in [0.3, 0.4) is 0 Å². The molecule has 25 valence electrons. The first-order valence-corrected chi connectivity index (χ1v) is 4.50. The molecule has 4 heteroatoms. The SMILES string of the molecule is [Ag].[LiH].[S]=[GeH2]. The van der Waals surface area contributed by atoms with E-state index >= 15 is 0 Å². The van der Waals surface area contributed by atoms with Crippen LogP contribution in [0, 0.1) is 0 Å². The summed E-state index contributed by atoms with van der Waals surface area (Å²) < 4.78 is 0. The van der Waals surface area contributed by atoms with E-state index in [-0.39, 0.29) is 41.2 Å². The molecule has 4 heavy (non-hydrogen) atoms. The van der Waals surface area contributed by atoms with E-state index in [2.05, 4.69) is 10.5 Å². The second kappa shape index (κ2) is 19.4. The van der Waals surface area contributed by atoms with Gasteiger partial charge >= 0.3 is 44.2 Å². The van der Waals surface area contributed by atoms with Crippen LogP contribution in [0.2, 0.25) is 0 Å². The Balaban J connectivity index is -0.00000000500. The molecule has 0 nitrogen and oxygen atoms in total. The molecule has 0 aromatic heterocycles. The number of hydrogen-bond acceptors (Lipinski definition) is 1. The topological polar surface area (TPSA) is 0 Å². The first-order valence-electron chi connectivity index (χ1n) is 0.289. The number of hydrogen-bond donors (Lipinski definition) is 0. The summed E-state index contributed by atoms with van der Waals surface area (Å²) >= 11 is 0.958. The predicted molar refractivity (Wildman–Crippen MR) is 23.3 cm³/mol. The molecule has 0 heterocycles. The van der Waals surface area contributed by atoms with Crippen molar-refractivity contribution < 1.29 is 22.4 Å². The van der Waals surface area contributed by atoms with Crippen molar-refractivity contribution in [2.24, 2.45) is 0 Å². The van der Waals surface area contributed by atoms with Gasteiger partial charge in [-0.25, -0.2) is 0 Å². The van der Waals surface area contributed by atoms with Crippen LogP contribution in [0.1, 0.15) is 0 Å². The molecule has 0 saturated heterocycles. The third kappa shape index (κ3) is 8.93. The normalized spacial score (nSPS) is 1.00. The van der Waals surface area contributed by atoms with Crippen molar-refractivity contribution in [2.75, 3.05) is 0 Å². The van der Waals surface area contributed by atoms with Crippen LogP contribution in [0.15, 0.2) is 0 Å². The van der Waals surface area contributed by atoms with Crippen LogP contribution in [-0.4, -0.2) is 33.7 Å². The summed E-state index contributed by atoms with van der Waals surface area (Å²) in [5.74, 6) is 0. The van der Waals surface area contributed by atoms with Crippen LogP contribution in [0.25, 0.3) is 0 Å². The molecule has 0 aromatic rings. The molecule has 0 atom stereocenters. The second-order valence-electron chi connectivity index (χ2n) is 0. The van der Waals surface area contributed by atoms with Crippen molar-refractivity contribution in [1.82, 2.24) is 0 Å². The molecule has 0 aliphatic heterocycles. The quantitative estimate of drug-likeness (QED) is 0.478. The molecule has 0 saturated carbocycles. The van der Waals surface area contributed by atoms with Gasteiger partial charge in [-0.1, -0.05) is 0 Å². The molecule has 0 amide bonds. The summed E-state index contributed by atoms with van der Waals surface area (Å²) in [6, 6.07) is 0.